The standard InChI is InChI=1S/C11H12BrNO4/c1-16-10(14)9(11(15)17-2)13-8-5-3-7(12)4-6-8/h3-6,9,13H,1-2H3. The van der Waals surface area contributed by atoms with Gasteiger partial charge in [-0.05, 0) is 24.3 Å². The molecule has 5 nitrogen and oxygen atoms in total. The number of ether oxygens (including phenoxy) is 2. The summed E-state index contributed by atoms with van der Waals surface area (Å²) in [7, 11) is 2.42. The molecular formula is C11H12BrNO4. The van der Waals surface area contributed by atoms with E-state index in [0.29, 0.717) is 5.69 Å². The lowest BCUT2D eigenvalue weighted by Crippen LogP contribution is -2.39. The normalized spacial score (nSPS) is 9.88. The van der Waals surface area contributed by atoms with Gasteiger partial charge < -0.3 is 14.8 Å². The molecule has 0 heterocycles. The molecule has 0 spiro atoms. The molecule has 0 aliphatic rings. The second kappa shape index (κ2) is 6.24. The molecule has 1 aromatic rings. The van der Waals surface area contributed by atoms with Gasteiger partial charge >= 0.3 is 11.9 Å². The summed E-state index contributed by atoms with van der Waals surface area (Å²) in [6, 6.07) is 5.86. The third-order valence-corrected chi connectivity index (χ3v) is 2.56. The first kappa shape index (κ1) is 13.5. The van der Waals surface area contributed by atoms with Gasteiger partial charge in [-0.2, -0.15) is 0 Å². The van der Waals surface area contributed by atoms with Gasteiger partial charge in [0.2, 0.25) is 6.04 Å². The van der Waals surface area contributed by atoms with Gasteiger partial charge in [-0.15, -0.1) is 0 Å². The molecule has 0 unspecified atom stereocenters. The summed E-state index contributed by atoms with van der Waals surface area (Å²) in [5, 5.41) is 2.74. The van der Waals surface area contributed by atoms with E-state index in [1.807, 2.05) is 0 Å². The first-order valence-electron chi connectivity index (χ1n) is 4.76. The molecule has 1 rings (SSSR count). The maximum atomic E-state index is 11.4. The van der Waals surface area contributed by atoms with Crippen LogP contribution < -0.4 is 5.32 Å². The Morgan fingerprint density at radius 3 is 2.00 bits per heavy atom. The van der Waals surface area contributed by atoms with Gasteiger partial charge in [0.15, 0.2) is 0 Å². The van der Waals surface area contributed by atoms with Crippen molar-refractivity contribution in [3.8, 4) is 0 Å². The number of hydrogen-bond acceptors (Lipinski definition) is 5. The van der Waals surface area contributed by atoms with Crippen LogP contribution in [0.4, 0.5) is 5.69 Å². The number of halogens is 1. The largest absolute Gasteiger partial charge is 0.467 e. The highest BCUT2D eigenvalue weighted by molar-refractivity contribution is 9.10. The van der Waals surface area contributed by atoms with E-state index in [4.69, 9.17) is 0 Å². The molecule has 0 radical (unpaired) electrons. The maximum Gasteiger partial charge on any atom is 0.340 e. The fourth-order valence-corrected chi connectivity index (χ4v) is 1.43. The zero-order valence-electron chi connectivity index (χ0n) is 9.40. The summed E-state index contributed by atoms with van der Waals surface area (Å²) >= 11 is 3.29. The predicted molar refractivity (Wildman–Crippen MR) is 65.6 cm³/mol. The molecule has 0 fully saturated rings. The Labute approximate surface area is 107 Å². The third kappa shape index (κ3) is 3.74. The van der Waals surface area contributed by atoms with Gasteiger partial charge in [-0.3, -0.25) is 0 Å². The van der Waals surface area contributed by atoms with E-state index in [1.54, 1.807) is 24.3 Å². The lowest BCUT2D eigenvalue weighted by Gasteiger charge is -2.15. The predicted octanol–water partition coefficient (Wildman–Crippen LogP) is 1.58. The van der Waals surface area contributed by atoms with Crippen LogP contribution in [0, 0.1) is 0 Å². The summed E-state index contributed by atoms with van der Waals surface area (Å²) in [5.74, 6) is -1.39. The number of hydrogen-bond donors (Lipinski definition) is 1. The van der Waals surface area contributed by atoms with Crippen LogP contribution in [0.15, 0.2) is 28.7 Å². The van der Waals surface area contributed by atoms with Crippen LogP contribution in [0.5, 0.6) is 0 Å². The highest BCUT2D eigenvalue weighted by atomic mass is 79.9. The third-order valence-electron chi connectivity index (χ3n) is 2.03. The Kier molecular flexibility index (Phi) is 4.96. The van der Waals surface area contributed by atoms with Crippen molar-refractivity contribution in [3.05, 3.63) is 28.7 Å². The molecule has 92 valence electrons. The second-order valence-corrected chi connectivity index (χ2v) is 4.05. The molecule has 0 aliphatic carbocycles. The van der Waals surface area contributed by atoms with Gasteiger partial charge in [0.25, 0.3) is 0 Å². The van der Waals surface area contributed by atoms with Crippen molar-refractivity contribution in [3.63, 3.8) is 0 Å². The quantitative estimate of drug-likeness (QED) is 0.675. The molecule has 0 aromatic heterocycles. The van der Waals surface area contributed by atoms with Gasteiger partial charge in [0, 0.05) is 10.2 Å². The summed E-state index contributed by atoms with van der Waals surface area (Å²) in [4.78, 5) is 22.8. The number of methoxy groups -OCH3 is 2. The van der Waals surface area contributed by atoms with Crippen LogP contribution >= 0.6 is 15.9 Å². The minimum Gasteiger partial charge on any atom is -0.467 e. The van der Waals surface area contributed by atoms with E-state index in [-0.39, 0.29) is 0 Å². The second-order valence-electron chi connectivity index (χ2n) is 3.13. The lowest BCUT2D eigenvalue weighted by atomic mass is 10.2. The van der Waals surface area contributed by atoms with Crippen molar-refractivity contribution in [2.75, 3.05) is 19.5 Å². The van der Waals surface area contributed by atoms with Crippen molar-refractivity contribution < 1.29 is 19.1 Å². The molecule has 0 amide bonds. The Hall–Kier alpha value is -1.56. The number of rotatable bonds is 4. The van der Waals surface area contributed by atoms with Crippen LogP contribution in [0.3, 0.4) is 0 Å². The van der Waals surface area contributed by atoms with Crippen molar-refractivity contribution in [1.82, 2.24) is 0 Å². The Bertz CT molecular complexity index is 388. The number of benzene rings is 1. The Balaban J connectivity index is 2.82. The number of nitrogens with one attached hydrogen (secondary N) is 1. The smallest absolute Gasteiger partial charge is 0.340 e. The summed E-state index contributed by atoms with van der Waals surface area (Å²) in [5.41, 5.74) is 0.619. The Morgan fingerprint density at radius 2 is 1.59 bits per heavy atom. The molecule has 0 atom stereocenters. The monoisotopic (exact) mass is 301 g/mol. The highest BCUT2D eigenvalue weighted by Crippen LogP contribution is 2.15. The van der Waals surface area contributed by atoms with Gasteiger partial charge in [-0.25, -0.2) is 9.59 Å². The number of anilines is 1. The van der Waals surface area contributed by atoms with Crippen molar-refractivity contribution in [2.24, 2.45) is 0 Å². The first-order chi connectivity index (χ1) is 8.08. The molecule has 0 saturated carbocycles. The summed E-state index contributed by atoms with van der Waals surface area (Å²) in [6.07, 6.45) is 0. The van der Waals surface area contributed by atoms with Gasteiger partial charge in [0.05, 0.1) is 14.2 Å². The summed E-state index contributed by atoms with van der Waals surface area (Å²) in [6.45, 7) is 0. The van der Waals surface area contributed by atoms with Crippen LogP contribution in [0.1, 0.15) is 0 Å². The zero-order valence-corrected chi connectivity index (χ0v) is 11.0. The van der Waals surface area contributed by atoms with E-state index < -0.39 is 18.0 Å². The first-order valence-corrected chi connectivity index (χ1v) is 5.55. The molecule has 6 heteroatoms. The minimum absolute atomic E-state index is 0.619. The van der Waals surface area contributed by atoms with Crippen molar-refractivity contribution in [2.45, 2.75) is 6.04 Å². The molecular weight excluding hydrogens is 290 g/mol. The zero-order chi connectivity index (χ0) is 12.8. The van der Waals surface area contributed by atoms with Crippen molar-refractivity contribution >= 4 is 33.6 Å². The fourth-order valence-electron chi connectivity index (χ4n) is 1.16. The SMILES string of the molecule is COC(=O)C(Nc1ccc(Br)cc1)C(=O)OC. The molecule has 1 aromatic carbocycles. The number of carbonyl (C=O) groups excluding carboxylic acids is 2. The number of esters is 2. The van der Waals surface area contributed by atoms with E-state index in [9.17, 15) is 9.59 Å². The van der Waals surface area contributed by atoms with E-state index in [0.717, 1.165) is 4.47 Å². The van der Waals surface area contributed by atoms with E-state index in [1.165, 1.54) is 14.2 Å². The van der Waals surface area contributed by atoms with Crippen LogP contribution in [0.25, 0.3) is 0 Å². The van der Waals surface area contributed by atoms with Crippen molar-refractivity contribution in [1.29, 1.82) is 0 Å². The molecule has 1 N–H and O–H groups in total. The van der Waals surface area contributed by atoms with Gasteiger partial charge in [0.1, 0.15) is 0 Å². The number of carbonyl (C=O) groups is 2. The van der Waals surface area contributed by atoms with Crippen LogP contribution in [-0.2, 0) is 19.1 Å². The van der Waals surface area contributed by atoms with E-state index in [2.05, 4.69) is 30.7 Å². The fraction of sp³-hybridized carbons (Fsp3) is 0.273. The molecule has 0 aliphatic heterocycles. The molecule has 0 saturated heterocycles. The lowest BCUT2D eigenvalue weighted by molar-refractivity contribution is -0.152. The molecule has 0 bridgehead atoms. The highest BCUT2D eigenvalue weighted by Gasteiger charge is 2.28. The van der Waals surface area contributed by atoms with Gasteiger partial charge in [-0.1, -0.05) is 15.9 Å². The average Bonchev–Trinajstić information content (AvgIpc) is 2.36. The minimum atomic E-state index is -1.16. The van der Waals surface area contributed by atoms with E-state index >= 15 is 0 Å². The summed E-state index contributed by atoms with van der Waals surface area (Å²) < 4.78 is 9.94. The molecule has 17 heavy (non-hydrogen) atoms. The van der Waals surface area contributed by atoms with Crippen LogP contribution in [-0.4, -0.2) is 32.2 Å². The maximum absolute atomic E-state index is 11.4. The Morgan fingerprint density at radius 1 is 1.12 bits per heavy atom. The van der Waals surface area contributed by atoms with Crippen LogP contribution in [0.2, 0.25) is 0 Å². The topological polar surface area (TPSA) is 64.6 Å². The average molecular weight is 302 g/mol.